The number of nitrogens with zero attached hydrogens (tertiary/aromatic N) is 1. The molecule has 0 radical (unpaired) electrons. The SMILES string of the molecule is CCC1(C)CNC(c2ccccc2)CN1C1CCCCC1. The molecule has 116 valence electrons. The van der Waals surface area contributed by atoms with Crippen LogP contribution in [0, 0.1) is 0 Å². The first kappa shape index (κ1) is 15.1. The number of benzene rings is 1. The van der Waals surface area contributed by atoms with Gasteiger partial charge in [0.15, 0.2) is 0 Å². The Labute approximate surface area is 129 Å². The van der Waals surface area contributed by atoms with Gasteiger partial charge in [0.25, 0.3) is 0 Å². The van der Waals surface area contributed by atoms with Crippen molar-refractivity contribution in [3.8, 4) is 0 Å². The molecule has 1 aromatic carbocycles. The van der Waals surface area contributed by atoms with Crippen LogP contribution in [0.3, 0.4) is 0 Å². The molecule has 2 atom stereocenters. The van der Waals surface area contributed by atoms with E-state index >= 15 is 0 Å². The van der Waals surface area contributed by atoms with Gasteiger partial charge in [0, 0.05) is 30.7 Å². The summed E-state index contributed by atoms with van der Waals surface area (Å²) in [5.74, 6) is 0. The largest absolute Gasteiger partial charge is 0.307 e. The first-order valence-electron chi connectivity index (χ1n) is 8.78. The highest BCUT2D eigenvalue weighted by Gasteiger charge is 2.40. The van der Waals surface area contributed by atoms with E-state index in [4.69, 9.17) is 0 Å². The number of piperazine rings is 1. The minimum absolute atomic E-state index is 0.327. The highest BCUT2D eigenvalue weighted by molar-refractivity contribution is 5.21. The molecule has 1 saturated heterocycles. The van der Waals surface area contributed by atoms with Gasteiger partial charge in [0.2, 0.25) is 0 Å². The molecule has 0 aromatic heterocycles. The number of rotatable bonds is 3. The van der Waals surface area contributed by atoms with Crippen LogP contribution in [-0.4, -0.2) is 29.6 Å². The molecule has 1 aromatic rings. The summed E-state index contributed by atoms with van der Waals surface area (Å²) in [6, 6.07) is 12.3. The molecule has 3 rings (SSSR count). The lowest BCUT2D eigenvalue weighted by Crippen LogP contribution is -2.63. The Balaban J connectivity index is 1.78. The fourth-order valence-electron chi connectivity index (χ4n) is 4.15. The summed E-state index contributed by atoms with van der Waals surface area (Å²) >= 11 is 0. The summed E-state index contributed by atoms with van der Waals surface area (Å²) in [5, 5.41) is 3.80. The van der Waals surface area contributed by atoms with E-state index in [1.165, 1.54) is 50.6 Å². The summed E-state index contributed by atoms with van der Waals surface area (Å²) in [6.45, 7) is 7.08. The van der Waals surface area contributed by atoms with E-state index in [0.29, 0.717) is 11.6 Å². The Morgan fingerprint density at radius 2 is 1.86 bits per heavy atom. The van der Waals surface area contributed by atoms with Gasteiger partial charge in [-0.25, -0.2) is 0 Å². The van der Waals surface area contributed by atoms with Gasteiger partial charge < -0.3 is 5.32 Å². The molecule has 2 unspecified atom stereocenters. The smallest absolute Gasteiger partial charge is 0.0450 e. The number of hydrogen-bond donors (Lipinski definition) is 1. The van der Waals surface area contributed by atoms with E-state index < -0.39 is 0 Å². The van der Waals surface area contributed by atoms with Gasteiger partial charge in [-0.2, -0.15) is 0 Å². The Bertz CT molecular complexity index is 438. The molecule has 21 heavy (non-hydrogen) atoms. The highest BCUT2D eigenvalue weighted by atomic mass is 15.3. The molecule has 2 heteroatoms. The van der Waals surface area contributed by atoms with Crippen molar-refractivity contribution in [3.63, 3.8) is 0 Å². The lowest BCUT2D eigenvalue weighted by atomic mass is 9.84. The third kappa shape index (κ3) is 3.17. The van der Waals surface area contributed by atoms with Crippen molar-refractivity contribution in [2.45, 2.75) is 70.0 Å². The number of hydrogen-bond acceptors (Lipinski definition) is 2. The van der Waals surface area contributed by atoms with Crippen LogP contribution in [0.4, 0.5) is 0 Å². The topological polar surface area (TPSA) is 15.3 Å². The molecule has 1 N–H and O–H groups in total. The zero-order chi connectivity index (χ0) is 14.7. The van der Waals surface area contributed by atoms with Crippen LogP contribution in [0.2, 0.25) is 0 Å². The molecule has 1 aliphatic carbocycles. The molecule has 0 amide bonds. The van der Waals surface area contributed by atoms with E-state index in [2.05, 4.69) is 54.4 Å². The van der Waals surface area contributed by atoms with Crippen molar-refractivity contribution in [1.82, 2.24) is 10.2 Å². The van der Waals surface area contributed by atoms with Crippen LogP contribution in [0.1, 0.15) is 64.0 Å². The predicted octanol–water partition coefficient (Wildman–Crippen LogP) is 4.13. The van der Waals surface area contributed by atoms with Gasteiger partial charge in [-0.15, -0.1) is 0 Å². The van der Waals surface area contributed by atoms with Crippen LogP contribution >= 0.6 is 0 Å². The molecule has 2 fully saturated rings. The van der Waals surface area contributed by atoms with Crippen molar-refractivity contribution in [2.75, 3.05) is 13.1 Å². The van der Waals surface area contributed by atoms with Gasteiger partial charge in [0.05, 0.1) is 0 Å². The Hall–Kier alpha value is -0.860. The van der Waals surface area contributed by atoms with E-state index in [1.54, 1.807) is 0 Å². The molecule has 1 saturated carbocycles. The van der Waals surface area contributed by atoms with E-state index in [0.717, 1.165) is 12.6 Å². The lowest BCUT2D eigenvalue weighted by Gasteiger charge is -2.52. The van der Waals surface area contributed by atoms with E-state index in [9.17, 15) is 0 Å². The predicted molar refractivity (Wildman–Crippen MR) is 89.5 cm³/mol. The number of nitrogens with one attached hydrogen (secondary N) is 1. The Morgan fingerprint density at radius 1 is 1.14 bits per heavy atom. The quantitative estimate of drug-likeness (QED) is 0.898. The Morgan fingerprint density at radius 3 is 2.52 bits per heavy atom. The summed E-state index contributed by atoms with van der Waals surface area (Å²) in [6.07, 6.45) is 8.31. The highest BCUT2D eigenvalue weighted by Crippen LogP contribution is 2.34. The summed E-state index contributed by atoms with van der Waals surface area (Å²) in [4.78, 5) is 2.85. The van der Waals surface area contributed by atoms with Gasteiger partial charge in [-0.1, -0.05) is 56.5 Å². The zero-order valence-electron chi connectivity index (χ0n) is 13.6. The van der Waals surface area contributed by atoms with Gasteiger partial charge >= 0.3 is 0 Å². The first-order valence-corrected chi connectivity index (χ1v) is 8.78. The van der Waals surface area contributed by atoms with Crippen LogP contribution < -0.4 is 5.32 Å². The molecule has 1 aliphatic heterocycles. The second-order valence-corrected chi connectivity index (χ2v) is 7.14. The maximum Gasteiger partial charge on any atom is 0.0450 e. The van der Waals surface area contributed by atoms with Crippen molar-refractivity contribution < 1.29 is 0 Å². The van der Waals surface area contributed by atoms with Crippen molar-refractivity contribution in [3.05, 3.63) is 35.9 Å². The summed E-state index contributed by atoms with van der Waals surface area (Å²) in [5.41, 5.74) is 1.77. The minimum atomic E-state index is 0.327. The monoisotopic (exact) mass is 286 g/mol. The van der Waals surface area contributed by atoms with Crippen LogP contribution in [-0.2, 0) is 0 Å². The first-order chi connectivity index (χ1) is 10.2. The van der Waals surface area contributed by atoms with Crippen molar-refractivity contribution >= 4 is 0 Å². The zero-order valence-corrected chi connectivity index (χ0v) is 13.6. The molecule has 0 spiro atoms. The normalized spacial score (nSPS) is 32.2. The summed E-state index contributed by atoms with van der Waals surface area (Å²) in [7, 11) is 0. The van der Waals surface area contributed by atoms with E-state index in [-0.39, 0.29) is 0 Å². The fourth-order valence-corrected chi connectivity index (χ4v) is 4.15. The fraction of sp³-hybridized carbons (Fsp3) is 0.684. The molecule has 2 nitrogen and oxygen atoms in total. The van der Waals surface area contributed by atoms with Gasteiger partial charge in [0.1, 0.15) is 0 Å². The summed E-state index contributed by atoms with van der Waals surface area (Å²) < 4.78 is 0. The van der Waals surface area contributed by atoms with Crippen LogP contribution in [0.5, 0.6) is 0 Å². The second kappa shape index (κ2) is 6.50. The van der Waals surface area contributed by atoms with Crippen LogP contribution in [0.25, 0.3) is 0 Å². The minimum Gasteiger partial charge on any atom is -0.307 e. The average Bonchev–Trinajstić information content (AvgIpc) is 2.57. The second-order valence-electron chi connectivity index (χ2n) is 7.14. The van der Waals surface area contributed by atoms with Crippen molar-refractivity contribution in [2.24, 2.45) is 0 Å². The molecule has 1 heterocycles. The maximum absolute atomic E-state index is 3.80. The Kier molecular flexibility index (Phi) is 4.66. The van der Waals surface area contributed by atoms with Crippen LogP contribution in [0.15, 0.2) is 30.3 Å². The average molecular weight is 286 g/mol. The lowest BCUT2D eigenvalue weighted by molar-refractivity contribution is -0.00333. The van der Waals surface area contributed by atoms with Gasteiger partial charge in [-0.05, 0) is 31.7 Å². The third-order valence-corrected chi connectivity index (χ3v) is 5.78. The molecular formula is C19H30N2. The third-order valence-electron chi connectivity index (χ3n) is 5.78. The molecule has 0 bridgehead atoms. The maximum atomic E-state index is 3.80. The van der Waals surface area contributed by atoms with Gasteiger partial charge in [-0.3, -0.25) is 4.90 Å². The standard InChI is InChI=1S/C19H30N2/c1-3-19(2)15-20-18(16-10-6-4-7-11-16)14-21(19)17-12-8-5-9-13-17/h4,6-7,10-11,17-18,20H,3,5,8-9,12-15H2,1-2H3. The molecular weight excluding hydrogens is 256 g/mol. The van der Waals surface area contributed by atoms with E-state index in [1.807, 2.05) is 0 Å². The molecule has 2 aliphatic rings. The van der Waals surface area contributed by atoms with Crippen molar-refractivity contribution in [1.29, 1.82) is 0 Å².